The van der Waals surface area contributed by atoms with Crippen molar-refractivity contribution in [3.05, 3.63) is 78.0 Å². The van der Waals surface area contributed by atoms with E-state index in [1.165, 1.54) is 4.57 Å². The third kappa shape index (κ3) is 4.21. The fourth-order valence-corrected chi connectivity index (χ4v) is 3.43. The second-order valence-corrected chi connectivity index (χ2v) is 8.44. The largest absolute Gasteiger partial charge is 0.443 e. The van der Waals surface area contributed by atoms with Gasteiger partial charge >= 0.3 is 6.09 Å². The van der Waals surface area contributed by atoms with Crippen molar-refractivity contribution in [3.8, 4) is 22.4 Å². The maximum absolute atomic E-state index is 12.8. The molecule has 0 unspecified atom stereocenters. The molecule has 6 nitrogen and oxygen atoms in total. The van der Waals surface area contributed by atoms with E-state index >= 15 is 0 Å². The van der Waals surface area contributed by atoms with Crippen LogP contribution in [0.25, 0.3) is 33.4 Å². The normalized spacial score (nSPS) is 11.3. The molecule has 4 rings (SSSR count). The predicted molar refractivity (Wildman–Crippen MR) is 123 cm³/mol. The van der Waals surface area contributed by atoms with Crippen molar-refractivity contribution in [3.63, 3.8) is 0 Å². The van der Waals surface area contributed by atoms with Gasteiger partial charge in [0, 0.05) is 28.3 Å². The van der Waals surface area contributed by atoms with Crippen LogP contribution >= 0.6 is 0 Å². The first-order chi connectivity index (χ1) is 15.3. The maximum atomic E-state index is 12.8. The monoisotopic (exact) mass is 426 g/mol. The smallest absolute Gasteiger partial charge is 0.420 e. The van der Waals surface area contributed by atoms with Gasteiger partial charge in [0.2, 0.25) is 0 Å². The molecule has 0 fully saturated rings. The van der Waals surface area contributed by atoms with Crippen molar-refractivity contribution in [1.29, 1.82) is 0 Å². The highest BCUT2D eigenvalue weighted by Gasteiger charge is 2.21. The molecule has 2 heterocycles. The van der Waals surface area contributed by atoms with Crippen molar-refractivity contribution in [2.24, 2.45) is 0 Å². The number of fused-ring (bicyclic) bond motifs is 1. The van der Waals surface area contributed by atoms with Crippen molar-refractivity contribution < 1.29 is 19.1 Å². The summed E-state index contributed by atoms with van der Waals surface area (Å²) in [6, 6.07) is 18.1. The average Bonchev–Trinajstić information content (AvgIpc) is 3.22. The van der Waals surface area contributed by atoms with Crippen LogP contribution in [0.3, 0.4) is 0 Å². The van der Waals surface area contributed by atoms with Crippen LogP contribution in [0, 0.1) is 0 Å². The molecule has 0 atom stereocenters. The van der Waals surface area contributed by atoms with E-state index in [0.29, 0.717) is 22.5 Å². The Kier molecular flexibility index (Phi) is 5.45. The molecule has 0 N–H and O–H groups in total. The van der Waals surface area contributed by atoms with Gasteiger partial charge in [-0.25, -0.2) is 14.3 Å². The standard InChI is InChI=1S/C26H22N2O4/c1-26(2,3)32-25(31)28-13-12-21-22(19-8-4-17(15-29)5-9-19)14-23(27-24(21)28)20-10-6-18(16-30)7-11-20/h4-16H,1-3H3. The summed E-state index contributed by atoms with van der Waals surface area (Å²) < 4.78 is 6.94. The first kappa shape index (κ1) is 21.2. The average molecular weight is 426 g/mol. The summed E-state index contributed by atoms with van der Waals surface area (Å²) in [7, 11) is 0. The van der Waals surface area contributed by atoms with Crippen LogP contribution in [0.1, 0.15) is 41.5 Å². The van der Waals surface area contributed by atoms with Gasteiger partial charge in [-0.15, -0.1) is 0 Å². The van der Waals surface area contributed by atoms with E-state index < -0.39 is 11.7 Å². The van der Waals surface area contributed by atoms with E-state index in [2.05, 4.69) is 0 Å². The number of ether oxygens (including phenoxy) is 1. The molecule has 0 aliphatic rings. The van der Waals surface area contributed by atoms with Crippen LogP contribution in [-0.2, 0) is 4.74 Å². The lowest BCUT2D eigenvalue weighted by Gasteiger charge is -2.19. The second kappa shape index (κ2) is 8.23. The summed E-state index contributed by atoms with van der Waals surface area (Å²) in [6.45, 7) is 5.43. The van der Waals surface area contributed by atoms with Gasteiger partial charge < -0.3 is 4.74 Å². The number of hydrogen-bond donors (Lipinski definition) is 0. The van der Waals surface area contributed by atoms with E-state index in [1.807, 2.05) is 57.2 Å². The van der Waals surface area contributed by atoms with Crippen molar-refractivity contribution in [2.75, 3.05) is 0 Å². The molecular formula is C26H22N2O4. The summed E-state index contributed by atoms with van der Waals surface area (Å²) in [6.07, 6.45) is 2.71. The number of aromatic nitrogens is 2. The minimum absolute atomic E-state index is 0.464. The molecule has 0 saturated heterocycles. The van der Waals surface area contributed by atoms with Crippen LogP contribution < -0.4 is 0 Å². The van der Waals surface area contributed by atoms with Gasteiger partial charge in [0.05, 0.1) is 5.69 Å². The Morgan fingerprint density at radius 3 is 1.97 bits per heavy atom. The van der Waals surface area contributed by atoms with Crippen LogP contribution in [0.4, 0.5) is 4.79 Å². The predicted octanol–water partition coefficient (Wildman–Crippen LogP) is 5.78. The van der Waals surface area contributed by atoms with Crippen molar-refractivity contribution in [1.82, 2.24) is 9.55 Å². The number of aldehydes is 2. The molecule has 32 heavy (non-hydrogen) atoms. The summed E-state index contributed by atoms with van der Waals surface area (Å²) in [5.74, 6) is 0. The zero-order valence-corrected chi connectivity index (χ0v) is 18.0. The molecule has 0 amide bonds. The first-order valence-corrected chi connectivity index (χ1v) is 10.2. The Balaban J connectivity index is 1.92. The molecular weight excluding hydrogens is 404 g/mol. The minimum Gasteiger partial charge on any atom is -0.443 e. The van der Waals surface area contributed by atoms with Crippen molar-refractivity contribution >= 4 is 29.7 Å². The Morgan fingerprint density at radius 1 is 0.875 bits per heavy atom. The Labute approximate surface area is 185 Å². The third-order valence-corrected chi connectivity index (χ3v) is 4.95. The molecule has 4 aromatic rings. The highest BCUT2D eigenvalue weighted by molar-refractivity contribution is 5.99. The summed E-state index contributed by atoms with van der Waals surface area (Å²) in [4.78, 5) is 39.7. The molecule has 0 spiro atoms. The summed E-state index contributed by atoms with van der Waals surface area (Å²) in [5, 5.41) is 0.781. The van der Waals surface area contributed by atoms with Gasteiger partial charge in [-0.1, -0.05) is 48.5 Å². The fraction of sp³-hybridized carbons (Fsp3) is 0.154. The van der Waals surface area contributed by atoms with E-state index in [4.69, 9.17) is 9.72 Å². The minimum atomic E-state index is -0.649. The van der Waals surface area contributed by atoms with Crippen molar-refractivity contribution in [2.45, 2.75) is 26.4 Å². The molecule has 0 aliphatic carbocycles. The lowest BCUT2D eigenvalue weighted by molar-refractivity contribution is 0.0543. The highest BCUT2D eigenvalue weighted by Crippen LogP contribution is 2.33. The maximum Gasteiger partial charge on any atom is 0.420 e. The van der Waals surface area contributed by atoms with Gasteiger partial charge in [-0.05, 0) is 44.0 Å². The molecule has 2 aromatic carbocycles. The zero-order chi connectivity index (χ0) is 22.9. The van der Waals surface area contributed by atoms with E-state index in [9.17, 15) is 14.4 Å². The van der Waals surface area contributed by atoms with E-state index in [1.54, 1.807) is 30.5 Å². The molecule has 6 heteroatoms. The fourth-order valence-electron chi connectivity index (χ4n) is 3.43. The Morgan fingerprint density at radius 2 is 1.44 bits per heavy atom. The van der Waals surface area contributed by atoms with Gasteiger partial charge in [0.25, 0.3) is 0 Å². The first-order valence-electron chi connectivity index (χ1n) is 10.2. The summed E-state index contributed by atoms with van der Waals surface area (Å²) >= 11 is 0. The third-order valence-electron chi connectivity index (χ3n) is 4.95. The SMILES string of the molecule is CC(C)(C)OC(=O)n1ccc2c(-c3ccc(C=O)cc3)cc(-c3ccc(C=O)cc3)nc21. The van der Waals surface area contributed by atoms with Crippen LogP contribution in [-0.4, -0.2) is 33.8 Å². The van der Waals surface area contributed by atoms with Crippen LogP contribution in [0.15, 0.2) is 66.9 Å². The van der Waals surface area contributed by atoms with Gasteiger partial charge in [-0.3, -0.25) is 9.59 Å². The Hall–Kier alpha value is -4.06. The highest BCUT2D eigenvalue weighted by atomic mass is 16.6. The molecule has 160 valence electrons. The quantitative estimate of drug-likeness (QED) is 0.387. The number of benzene rings is 2. The molecule has 0 bridgehead atoms. The van der Waals surface area contributed by atoms with Crippen LogP contribution in [0.5, 0.6) is 0 Å². The number of carbonyl (C=O) groups is 3. The number of pyridine rings is 1. The Bertz CT molecular complexity index is 1310. The van der Waals surface area contributed by atoms with E-state index in [-0.39, 0.29) is 0 Å². The van der Waals surface area contributed by atoms with Gasteiger partial charge in [0.1, 0.15) is 18.2 Å². The topological polar surface area (TPSA) is 78.3 Å². The number of rotatable bonds is 4. The number of carbonyl (C=O) groups excluding carboxylic acids is 3. The lowest BCUT2D eigenvalue weighted by atomic mass is 9.99. The van der Waals surface area contributed by atoms with Crippen LogP contribution in [0.2, 0.25) is 0 Å². The lowest BCUT2D eigenvalue weighted by Crippen LogP contribution is -2.26. The van der Waals surface area contributed by atoms with Gasteiger partial charge in [-0.2, -0.15) is 0 Å². The zero-order valence-electron chi connectivity index (χ0n) is 18.0. The van der Waals surface area contributed by atoms with Gasteiger partial charge in [0.15, 0.2) is 5.65 Å². The number of hydrogen-bond acceptors (Lipinski definition) is 5. The molecule has 0 aliphatic heterocycles. The summed E-state index contributed by atoms with van der Waals surface area (Å²) in [5.41, 5.74) is 4.16. The molecule has 2 aromatic heterocycles. The van der Waals surface area contributed by atoms with E-state index in [0.717, 1.165) is 34.6 Å². The molecule has 0 radical (unpaired) electrons. The number of nitrogens with zero attached hydrogens (tertiary/aromatic N) is 2. The second-order valence-electron chi connectivity index (χ2n) is 8.44. The molecule has 0 saturated carbocycles.